The van der Waals surface area contributed by atoms with Gasteiger partial charge in [0, 0.05) is 0 Å². The van der Waals surface area contributed by atoms with Crippen LogP contribution in [-0.2, 0) is 4.74 Å². The molecule has 1 nitrogen and oxygen atoms in total. The Morgan fingerprint density at radius 3 is 1.50 bits per heavy atom. The molecule has 0 aliphatic carbocycles. The molecule has 1 aliphatic rings. The highest BCUT2D eigenvalue weighted by atomic mass is 19.4. The quantitative estimate of drug-likeness (QED) is 0.622. The fourth-order valence-electron chi connectivity index (χ4n) is 1.09. The van der Waals surface area contributed by atoms with Crippen molar-refractivity contribution < 1.29 is 53.0 Å². The van der Waals surface area contributed by atoms with Crippen LogP contribution in [0.4, 0.5) is 48.3 Å². The van der Waals surface area contributed by atoms with Gasteiger partial charge in [-0.1, -0.05) is 0 Å². The van der Waals surface area contributed by atoms with E-state index in [2.05, 4.69) is 4.74 Å². The lowest BCUT2D eigenvalue weighted by Crippen LogP contribution is -2.76. The normalized spacial score (nSPS) is 38.5. The molecule has 108 valence electrons. The van der Waals surface area contributed by atoms with Gasteiger partial charge in [-0.25, -0.2) is 4.39 Å². The largest absolute Gasteiger partial charge is 0.455 e. The third-order valence-corrected chi connectivity index (χ3v) is 2.13. The van der Waals surface area contributed by atoms with Crippen molar-refractivity contribution in [2.45, 2.75) is 36.2 Å². The van der Waals surface area contributed by atoms with E-state index in [0.29, 0.717) is 0 Å². The summed E-state index contributed by atoms with van der Waals surface area (Å²) in [6.07, 6.45) is -11.7. The molecule has 0 aromatic rings. The van der Waals surface area contributed by atoms with Crippen LogP contribution >= 0.6 is 0 Å². The van der Waals surface area contributed by atoms with Crippen molar-refractivity contribution in [3.63, 3.8) is 0 Å². The Balaban J connectivity index is 3.47. The minimum absolute atomic E-state index is 2.17. The van der Waals surface area contributed by atoms with Crippen molar-refractivity contribution in [2.24, 2.45) is 0 Å². The highest BCUT2D eigenvalue weighted by Gasteiger charge is 2.92. The third-order valence-electron chi connectivity index (χ3n) is 2.13. The van der Waals surface area contributed by atoms with E-state index < -0.39 is 36.2 Å². The lowest BCUT2D eigenvalue weighted by atomic mass is 9.93. The molecule has 2 unspecified atom stereocenters. The minimum atomic E-state index is -7.01. The summed E-state index contributed by atoms with van der Waals surface area (Å²) in [6.45, 7) is 0. The van der Waals surface area contributed by atoms with Crippen LogP contribution in [0.1, 0.15) is 0 Å². The van der Waals surface area contributed by atoms with Crippen LogP contribution in [-0.4, -0.2) is 36.2 Å². The number of alkyl halides is 11. The molecule has 1 saturated heterocycles. The van der Waals surface area contributed by atoms with Crippen molar-refractivity contribution in [2.75, 3.05) is 0 Å². The molecule has 1 fully saturated rings. The summed E-state index contributed by atoms with van der Waals surface area (Å²) < 4.78 is 138. The Labute approximate surface area is 90.5 Å². The summed E-state index contributed by atoms with van der Waals surface area (Å²) in [6, 6.07) is 0. The van der Waals surface area contributed by atoms with Crippen LogP contribution in [0.25, 0.3) is 0 Å². The maximum Gasteiger partial charge on any atom is 0.455 e. The van der Waals surface area contributed by atoms with E-state index in [0.717, 1.165) is 0 Å². The molecule has 0 radical (unpaired) electrons. The molecule has 2 atom stereocenters. The van der Waals surface area contributed by atoms with E-state index in [1.54, 1.807) is 0 Å². The van der Waals surface area contributed by atoms with E-state index in [-0.39, 0.29) is 0 Å². The summed E-state index contributed by atoms with van der Waals surface area (Å²) >= 11 is 0. The molecule has 0 N–H and O–H groups in total. The summed E-state index contributed by atoms with van der Waals surface area (Å²) in [5.41, 5.74) is 0. The zero-order valence-electron chi connectivity index (χ0n) is 7.64. The van der Waals surface area contributed by atoms with Gasteiger partial charge in [0.25, 0.3) is 6.36 Å². The molecule has 1 heterocycles. The van der Waals surface area contributed by atoms with Gasteiger partial charge in [-0.3, -0.25) is 4.74 Å². The number of rotatable bonds is 0. The minimum Gasteiger partial charge on any atom is -0.293 e. The van der Waals surface area contributed by atoms with Crippen molar-refractivity contribution >= 4 is 0 Å². The number of halogens is 11. The van der Waals surface area contributed by atoms with Crippen LogP contribution in [0.2, 0.25) is 0 Å². The van der Waals surface area contributed by atoms with Crippen molar-refractivity contribution in [1.82, 2.24) is 0 Å². The Kier molecular flexibility index (Phi) is 2.87. The van der Waals surface area contributed by atoms with Gasteiger partial charge in [0.2, 0.25) is 0 Å². The van der Waals surface area contributed by atoms with Crippen LogP contribution < -0.4 is 0 Å². The summed E-state index contributed by atoms with van der Waals surface area (Å²) in [5.74, 6) is -26.8. The van der Waals surface area contributed by atoms with E-state index in [9.17, 15) is 48.3 Å². The first-order valence-electron chi connectivity index (χ1n) is 3.84. The molecule has 0 bridgehead atoms. The lowest BCUT2D eigenvalue weighted by molar-refractivity contribution is -0.519. The fourth-order valence-corrected chi connectivity index (χ4v) is 1.09. The van der Waals surface area contributed by atoms with E-state index in [4.69, 9.17) is 0 Å². The number of hydrogen-bond acceptors (Lipinski definition) is 1. The molecule has 0 saturated carbocycles. The smallest absolute Gasteiger partial charge is 0.293 e. The van der Waals surface area contributed by atoms with Gasteiger partial charge in [-0.15, -0.1) is 0 Å². The predicted molar refractivity (Wildman–Crippen MR) is 30.7 cm³/mol. The summed E-state index contributed by atoms with van der Waals surface area (Å²) in [7, 11) is 0. The Hall–Kier alpha value is -0.810. The fraction of sp³-hybridized carbons (Fsp3) is 1.00. The Morgan fingerprint density at radius 2 is 1.17 bits per heavy atom. The van der Waals surface area contributed by atoms with Crippen molar-refractivity contribution in [3.05, 3.63) is 0 Å². The molecule has 12 heteroatoms. The van der Waals surface area contributed by atoms with Crippen molar-refractivity contribution in [1.29, 1.82) is 0 Å². The maximum atomic E-state index is 12.8. The zero-order valence-corrected chi connectivity index (χ0v) is 7.64. The van der Waals surface area contributed by atoms with Gasteiger partial charge in [0.15, 0.2) is 0 Å². The highest BCUT2D eigenvalue weighted by molar-refractivity contribution is 5.11. The number of hydrogen-bond donors (Lipinski definition) is 0. The second-order valence-electron chi connectivity index (χ2n) is 3.30. The third kappa shape index (κ3) is 1.43. The van der Waals surface area contributed by atoms with Crippen LogP contribution in [0.15, 0.2) is 0 Å². The van der Waals surface area contributed by atoms with Crippen molar-refractivity contribution in [3.8, 4) is 0 Å². The Morgan fingerprint density at radius 1 is 0.778 bits per heavy atom. The first kappa shape index (κ1) is 15.2. The molecule has 0 spiro atoms. The topological polar surface area (TPSA) is 9.23 Å². The molecular weight excluding hydrogens is 297 g/mol. The predicted octanol–water partition coefficient (Wildman–Crippen LogP) is 3.45. The van der Waals surface area contributed by atoms with Gasteiger partial charge in [0.05, 0.1) is 0 Å². The van der Waals surface area contributed by atoms with Gasteiger partial charge >= 0.3 is 29.8 Å². The van der Waals surface area contributed by atoms with Gasteiger partial charge in [-0.2, -0.15) is 43.9 Å². The van der Waals surface area contributed by atoms with Crippen LogP contribution in [0.5, 0.6) is 0 Å². The van der Waals surface area contributed by atoms with Crippen LogP contribution in [0, 0.1) is 0 Å². The lowest BCUT2D eigenvalue weighted by Gasteiger charge is -2.46. The van der Waals surface area contributed by atoms with Gasteiger partial charge < -0.3 is 0 Å². The molecule has 1 rings (SSSR count). The number of ether oxygens (including phenoxy) is 1. The molecule has 0 aromatic carbocycles. The maximum absolute atomic E-state index is 12.8. The molecular formula is C6HF11O. The van der Waals surface area contributed by atoms with E-state index >= 15 is 0 Å². The summed E-state index contributed by atoms with van der Waals surface area (Å²) in [5, 5.41) is 0. The first-order chi connectivity index (χ1) is 7.63. The summed E-state index contributed by atoms with van der Waals surface area (Å²) in [4.78, 5) is 0. The first-order valence-corrected chi connectivity index (χ1v) is 3.84. The highest BCUT2D eigenvalue weighted by Crippen LogP contribution is 2.62. The average molecular weight is 298 g/mol. The SMILES string of the molecule is FC1OC(F)(C(F)(F)F)C(F)(F)C(F)(F)C1(F)F. The monoisotopic (exact) mass is 298 g/mol. The molecule has 18 heavy (non-hydrogen) atoms. The second kappa shape index (κ2) is 3.39. The zero-order chi connectivity index (χ0) is 14.8. The Bertz CT molecular complexity index is 346. The molecule has 0 amide bonds. The standard InChI is InChI=1S/C6HF11O/c7-1-2(8,9)3(10,11)4(12,13)5(14,18-1)6(15,16)17/h1H. The van der Waals surface area contributed by atoms with E-state index in [1.165, 1.54) is 0 Å². The average Bonchev–Trinajstić information content (AvgIpc) is 2.12. The second-order valence-corrected chi connectivity index (χ2v) is 3.30. The molecule has 0 aromatic heterocycles. The van der Waals surface area contributed by atoms with Gasteiger partial charge in [0.1, 0.15) is 0 Å². The van der Waals surface area contributed by atoms with Crippen LogP contribution in [0.3, 0.4) is 0 Å². The van der Waals surface area contributed by atoms with E-state index in [1.807, 2.05) is 0 Å². The van der Waals surface area contributed by atoms with Gasteiger partial charge in [-0.05, 0) is 0 Å². The molecule has 1 aliphatic heterocycles.